The molecule has 140 valence electrons. The fraction of sp³-hybridized carbons (Fsp3) is 0.714. The number of allylic oxidation sites excluding steroid dienone is 2. The first kappa shape index (κ1) is 20.4. The molecule has 0 aliphatic heterocycles. The van der Waals surface area contributed by atoms with E-state index in [1.54, 1.807) is 0 Å². The van der Waals surface area contributed by atoms with Gasteiger partial charge in [0.05, 0.1) is 6.61 Å². The second-order valence-electron chi connectivity index (χ2n) is 7.60. The molecule has 0 N–H and O–H groups in total. The SMILES string of the molecule is C=C(C(=O)OCCCCCCBr)C1CC[C@@H](C)[C@H]2CC(=O)C(C)=C2C1. The van der Waals surface area contributed by atoms with Gasteiger partial charge in [-0.1, -0.05) is 47.8 Å². The van der Waals surface area contributed by atoms with E-state index >= 15 is 0 Å². The van der Waals surface area contributed by atoms with Gasteiger partial charge >= 0.3 is 5.97 Å². The molecule has 1 unspecified atom stereocenters. The van der Waals surface area contributed by atoms with E-state index in [1.807, 2.05) is 6.92 Å². The largest absolute Gasteiger partial charge is 0.462 e. The molecule has 0 radical (unpaired) electrons. The van der Waals surface area contributed by atoms with Gasteiger partial charge < -0.3 is 4.74 Å². The number of alkyl halides is 1. The van der Waals surface area contributed by atoms with E-state index in [0.717, 1.165) is 55.8 Å². The average Bonchev–Trinajstić information content (AvgIpc) is 2.77. The maximum Gasteiger partial charge on any atom is 0.333 e. The fourth-order valence-corrected chi connectivity index (χ4v) is 4.48. The number of esters is 1. The third-order valence-corrected chi connectivity index (χ3v) is 6.45. The van der Waals surface area contributed by atoms with Crippen molar-refractivity contribution in [3.63, 3.8) is 0 Å². The van der Waals surface area contributed by atoms with Crippen LogP contribution in [0.4, 0.5) is 0 Å². The minimum Gasteiger partial charge on any atom is -0.462 e. The van der Waals surface area contributed by atoms with E-state index in [-0.39, 0.29) is 17.7 Å². The van der Waals surface area contributed by atoms with Gasteiger partial charge in [-0.3, -0.25) is 4.79 Å². The summed E-state index contributed by atoms with van der Waals surface area (Å²) in [4.78, 5) is 24.4. The van der Waals surface area contributed by atoms with Crippen LogP contribution in [-0.4, -0.2) is 23.7 Å². The summed E-state index contributed by atoms with van der Waals surface area (Å²) in [6.45, 7) is 8.70. The van der Waals surface area contributed by atoms with E-state index < -0.39 is 0 Å². The molecular weight excluding hydrogens is 380 g/mol. The summed E-state index contributed by atoms with van der Waals surface area (Å²) in [7, 11) is 0. The molecule has 0 spiro atoms. The van der Waals surface area contributed by atoms with Gasteiger partial charge in [0, 0.05) is 17.3 Å². The number of ketones is 1. The van der Waals surface area contributed by atoms with Crippen molar-refractivity contribution in [1.29, 1.82) is 0 Å². The lowest BCUT2D eigenvalue weighted by atomic mass is 9.86. The highest BCUT2D eigenvalue weighted by molar-refractivity contribution is 9.09. The van der Waals surface area contributed by atoms with Crippen LogP contribution in [0, 0.1) is 17.8 Å². The Labute approximate surface area is 160 Å². The number of hydrogen-bond donors (Lipinski definition) is 0. The molecule has 0 amide bonds. The Kier molecular flexibility index (Phi) is 7.92. The molecule has 3 atom stereocenters. The van der Waals surface area contributed by atoms with Gasteiger partial charge in [0.15, 0.2) is 5.78 Å². The van der Waals surface area contributed by atoms with Crippen molar-refractivity contribution in [2.75, 3.05) is 11.9 Å². The molecule has 0 heterocycles. The summed E-state index contributed by atoms with van der Waals surface area (Å²) in [5.41, 5.74) is 2.79. The van der Waals surface area contributed by atoms with Crippen LogP contribution in [0.1, 0.15) is 65.2 Å². The number of fused-ring (bicyclic) bond motifs is 1. The molecule has 2 aliphatic carbocycles. The van der Waals surface area contributed by atoms with Gasteiger partial charge in [0.2, 0.25) is 0 Å². The van der Waals surface area contributed by atoms with Crippen molar-refractivity contribution in [3.8, 4) is 0 Å². The van der Waals surface area contributed by atoms with Gasteiger partial charge in [-0.25, -0.2) is 4.79 Å². The summed E-state index contributed by atoms with van der Waals surface area (Å²) in [5, 5.41) is 1.03. The number of rotatable bonds is 8. The quantitative estimate of drug-likeness (QED) is 0.233. The highest BCUT2D eigenvalue weighted by atomic mass is 79.9. The van der Waals surface area contributed by atoms with Crippen LogP contribution in [-0.2, 0) is 14.3 Å². The lowest BCUT2D eigenvalue weighted by Gasteiger charge is -2.19. The van der Waals surface area contributed by atoms with Gasteiger partial charge in [-0.05, 0) is 62.4 Å². The van der Waals surface area contributed by atoms with Crippen molar-refractivity contribution < 1.29 is 14.3 Å². The first-order chi connectivity index (χ1) is 12.0. The third kappa shape index (κ3) is 5.29. The Morgan fingerprint density at radius 3 is 2.64 bits per heavy atom. The third-order valence-electron chi connectivity index (χ3n) is 5.89. The highest BCUT2D eigenvalue weighted by Crippen LogP contribution is 2.45. The minimum atomic E-state index is -0.251. The highest BCUT2D eigenvalue weighted by Gasteiger charge is 2.38. The van der Waals surface area contributed by atoms with Crippen LogP contribution >= 0.6 is 15.9 Å². The maximum atomic E-state index is 12.4. The molecule has 0 bridgehead atoms. The summed E-state index contributed by atoms with van der Waals surface area (Å²) in [6.07, 6.45) is 7.77. The van der Waals surface area contributed by atoms with Gasteiger partial charge in [0.25, 0.3) is 0 Å². The van der Waals surface area contributed by atoms with Crippen LogP contribution in [0.25, 0.3) is 0 Å². The molecule has 3 nitrogen and oxygen atoms in total. The van der Waals surface area contributed by atoms with E-state index in [0.29, 0.717) is 30.4 Å². The van der Waals surface area contributed by atoms with Crippen LogP contribution in [0.3, 0.4) is 0 Å². The van der Waals surface area contributed by atoms with Crippen molar-refractivity contribution in [3.05, 3.63) is 23.3 Å². The van der Waals surface area contributed by atoms with E-state index in [1.165, 1.54) is 5.57 Å². The number of carbonyl (C=O) groups is 2. The number of carbonyl (C=O) groups excluding carboxylic acids is 2. The second-order valence-corrected chi connectivity index (χ2v) is 8.40. The Balaban J connectivity index is 1.88. The molecule has 0 aromatic carbocycles. The second kappa shape index (κ2) is 9.70. The first-order valence-electron chi connectivity index (χ1n) is 9.60. The van der Waals surface area contributed by atoms with E-state index in [4.69, 9.17) is 4.74 Å². The van der Waals surface area contributed by atoms with Crippen LogP contribution in [0.2, 0.25) is 0 Å². The summed E-state index contributed by atoms with van der Waals surface area (Å²) < 4.78 is 5.43. The molecule has 2 rings (SSSR count). The Morgan fingerprint density at radius 2 is 1.92 bits per heavy atom. The lowest BCUT2D eigenvalue weighted by molar-refractivity contribution is -0.139. The zero-order chi connectivity index (χ0) is 18.4. The first-order valence-corrected chi connectivity index (χ1v) is 10.7. The maximum absolute atomic E-state index is 12.4. The van der Waals surface area contributed by atoms with Crippen molar-refractivity contribution in [1.82, 2.24) is 0 Å². The molecule has 1 fully saturated rings. The molecule has 0 saturated heterocycles. The normalized spacial score (nSPS) is 26.4. The topological polar surface area (TPSA) is 43.4 Å². The number of ether oxygens (including phenoxy) is 1. The summed E-state index contributed by atoms with van der Waals surface area (Å²) >= 11 is 3.42. The molecule has 25 heavy (non-hydrogen) atoms. The van der Waals surface area contributed by atoms with Crippen molar-refractivity contribution in [2.45, 2.75) is 65.2 Å². The van der Waals surface area contributed by atoms with Crippen LogP contribution in [0.15, 0.2) is 23.3 Å². The number of Topliss-reactive ketones (excluding diaryl/α,β-unsaturated/α-hetero) is 1. The minimum absolute atomic E-state index is 0.115. The Morgan fingerprint density at radius 1 is 1.20 bits per heavy atom. The summed E-state index contributed by atoms with van der Waals surface area (Å²) in [6, 6.07) is 0. The van der Waals surface area contributed by atoms with Gasteiger partial charge in [-0.2, -0.15) is 0 Å². The standard InChI is InChI=1S/C21H31BrO3/c1-14-8-9-17(12-19-16(3)20(23)13-18(14)19)15(2)21(24)25-11-7-5-4-6-10-22/h14,17-18H,2,4-13H2,1,3H3/t14-,17?,18-/m1/s1. The summed E-state index contributed by atoms with van der Waals surface area (Å²) in [5.74, 6) is 1.02. The molecular formula is C21H31BrO3. The predicted molar refractivity (Wildman–Crippen MR) is 105 cm³/mol. The zero-order valence-electron chi connectivity index (χ0n) is 15.6. The molecule has 0 aromatic heterocycles. The van der Waals surface area contributed by atoms with Crippen molar-refractivity contribution >= 4 is 27.7 Å². The van der Waals surface area contributed by atoms with E-state index in [9.17, 15) is 9.59 Å². The molecule has 0 aromatic rings. The zero-order valence-corrected chi connectivity index (χ0v) is 17.2. The van der Waals surface area contributed by atoms with Gasteiger partial charge in [-0.15, -0.1) is 0 Å². The average molecular weight is 411 g/mol. The monoisotopic (exact) mass is 410 g/mol. The van der Waals surface area contributed by atoms with Crippen LogP contribution in [0.5, 0.6) is 0 Å². The molecule has 4 heteroatoms. The number of hydrogen-bond acceptors (Lipinski definition) is 3. The molecule has 1 saturated carbocycles. The van der Waals surface area contributed by atoms with Crippen molar-refractivity contribution in [2.24, 2.45) is 17.8 Å². The van der Waals surface area contributed by atoms with E-state index in [2.05, 4.69) is 29.4 Å². The smallest absolute Gasteiger partial charge is 0.333 e. The number of unbranched alkanes of at least 4 members (excludes halogenated alkanes) is 3. The Bertz CT molecular complexity index is 549. The predicted octanol–water partition coefficient (Wildman–Crippen LogP) is 5.38. The van der Waals surface area contributed by atoms with Crippen LogP contribution < -0.4 is 0 Å². The Hall–Kier alpha value is -0.900. The number of halogens is 1. The lowest BCUT2D eigenvalue weighted by Crippen LogP contribution is -2.16. The van der Waals surface area contributed by atoms with Gasteiger partial charge in [0.1, 0.15) is 0 Å². The molecule has 2 aliphatic rings. The fourth-order valence-electron chi connectivity index (χ4n) is 4.09.